The average molecular weight is 477 g/mol. The predicted octanol–water partition coefficient (Wildman–Crippen LogP) is 6.39. The SMILES string of the molecule is CCCCCOc1ccccc1C(=O)NC(=S)Nc1ccc(OCCCc2ccccc2)cc1. The molecule has 0 atom stereocenters. The lowest BCUT2D eigenvalue weighted by atomic mass is 10.1. The van der Waals surface area contributed by atoms with E-state index in [1.807, 2.05) is 42.5 Å². The van der Waals surface area contributed by atoms with Gasteiger partial charge in [0.25, 0.3) is 5.91 Å². The van der Waals surface area contributed by atoms with Gasteiger partial charge >= 0.3 is 0 Å². The molecule has 0 aliphatic rings. The number of anilines is 1. The number of nitrogens with one attached hydrogen (secondary N) is 2. The maximum Gasteiger partial charge on any atom is 0.261 e. The Morgan fingerprint density at radius 1 is 0.824 bits per heavy atom. The van der Waals surface area contributed by atoms with Gasteiger partial charge in [-0.15, -0.1) is 0 Å². The fourth-order valence-electron chi connectivity index (χ4n) is 3.39. The van der Waals surface area contributed by atoms with Crippen molar-refractivity contribution in [1.29, 1.82) is 0 Å². The number of benzene rings is 3. The highest BCUT2D eigenvalue weighted by Crippen LogP contribution is 2.19. The van der Waals surface area contributed by atoms with Crippen molar-refractivity contribution in [3.05, 3.63) is 90.0 Å². The summed E-state index contributed by atoms with van der Waals surface area (Å²) in [5.41, 5.74) is 2.54. The van der Waals surface area contributed by atoms with Crippen molar-refractivity contribution in [2.45, 2.75) is 39.0 Å². The van der Waals surface area contributed by atoms with Crippen molar-refractivity contribution in [1.82, 2.24) is 5.32 Å². The molecule has 3 aromatic carbocycles. The van der Waals surface area contributed by atoms with Gasteiger partial charge in [-0.1, -0.05) is 62.2 Å². The Labute approximate surface area is 207 Å². The van der Waals surface area contributed by atoms with Gasteiger partial charge in [-0.05, 0) is 73.4 Å². The summed E-state index contributed by atoms with van der Waals surface area (Å²) in [5, 5.41) is 5.99. The first kappa shape index (κ1) is 25.2. The average Bonchev–Trinajstić information content (AvgIpc) is 2.86. The first-order valence-electron chi connectivity index (χ1n) is 11.8. The van der Waals surface area contributed by atoms with Crippen molar-refractivity contribution in [2.24, 2.45) is 0 Å². The van der Waals surface area contributed by atoms with Crippen LogP contribution in [0.25, 0.3) is 0 Å². The number of hydrogen-bond acceptors (Lipinski definition) is 4. The van der Waals surface area contributed by atoms with Crippen molar-refractivity contribution >= 4 is 28.9 Å². The van der Waals surface area contributed by atoms with Gasteiger partial charge in [0.1, 0.15) is 11.5 Å². The molecule has 6 heteroatoms. The second kappa shape index (κ2) is 14.0. The Morgan fingerprint density at radius 3 is 2.29 bits per heavy atom. The summed E-state index contributed by atoms with van der Waals surface area (Å²) in [5.74, 6) is 1.05. The minimum absolute atomic E-state index is 0.224. The molecule has 0 fully saturated rings. The largest absolute Gasteiger partial charge is 0.494 e. The van der Waals surface area contributed by atoms with E-state index in [-0.39, 0.29) is 11.0 Å². The summed E-state index contributed by atoms with van der Waals surface area (Å²) in [7, 11) is 0. The number of carbonyl (C=O) groups is 1. The molecule has 0 heterocycles. The maximum atomic E-state index is 12.7. The Kier molecular flexibility index (Phi) is 10.4. The van der Waals surface area contributed by atoms with E-state index in [2.05, 4.69) is 41.8 Å². The molecule has 3 aromatic rings. The number of amides is 1. The van der Waals surface area contributed by atoms with Crippen LogP contribution in [0.3, 0.4) is 0 Å². The van der Waals surface area contributed by atoms with E-state index in [1.165, 1.54) is 5.56 Å². The van der Waals surface area contributed by atoms with Crippen LogP contribution in [-0.4, -0.2) is 24.2 Å². The van der Waals surface area contributed by atoms with Crippen LogP contribution in [0.2, 0.25) is 0 Å². The van der Waals surface area contributed by atoms with E-state index in [1.54, 1.807) is 12.1 Å². The van der Waals surface area contributed by atoms with Crippen LogP contribution in [0, 0.1) is 0 Å². The molecule has 0 bridgehead atoms. The molecule has 0 unspecified atom stereocenters. The van der Waals surface area contributed by atoms with E-state index < -0.39 is 0 Å². The molecule has 5 nitrogen and oxygen atoms in total. The van der Waals surface area contributed by atoms with Crippen molar-refractivity contribution in [3.8, 4) is 11.5 Å². The van der Waals surface area contributed by atoms with Gasteiger partial charge in [0.15, 0.2) is 5.11 Å². The minimum Gasteiger partial charge on any atom is -0.494 e. The standard InChI is InChI=1S/C28H32N2O3S/c1-2-3-9-20-33-26-15-8-7-14-25(26)27(31)30-28(34)29-23-16-18-24(19-17-23)32-21-10-13-22-11-5-4-6-12-22/h4-8,11-12,14-19H,2-3,9-10,13,20-21H2,1H3,(H2,29,30,31,34). The molecular formula is C28H32N2O3S. The number of ether oxygens (including phenoxy) is 2. The van der Waals surface area contributed by atoms with Crippen LogP contribution in [-0.2, 0) is 6.42 Å². The maximum absolute atomic E-state index is 12.7. The van der Waals surface area contributed by atoms with Crippen LogP contribution in [0.4, 0.5) is 5.69 Å². The zero-order chi connectivity index (χ0) is 24.0. The molecule has 0 aromatic heterocycles. The molecule has 34 heavy (non-hydrogen) atoms. The van der Waals surface area contributed by atoms with Gasteiger partial charge in [-0.3, -0.25) is 10.1 Å². The molecule has 0 spiro atoms. The third-order valence-electron chi connectivity index (χ3n) is 5.20. The van der Waals surface area contributed by atoms with Gasteiger partial charge in [0, 0.05) is 5.69 Å². The summed E-state index contributed by atoms with van der Waals surface area (Å²) in [6.07, 6.45) is 5.11. The summed E-state index contributed by atoms with van der Waals surface area (Å²) in [6.45, 7) is 3.38. The molecule has 2 N–H and O–H groups in total. The highest BCUT2D eigenvalue weighted by atomic mass is 32.1. The van der Waals surface area contributed by atoms with Crippen molar-refractivity contribution in [3.63, 3.8) is 0 Å². The lowest BCUT2D eigenvalue weighted by Crippen LogP contribution is -2.34. The second-order valence-corrected chi connectivity index (χ2v) is 8.33. The quantitative estimate of drug-likeness (QED) is 0.234. The van der Waals surface area contributed by atoms with Crippen LogP contribution < -0.4 is 20.1 Å². The van der Waals surface area contributed by atoms with E-state index in [0.29, 0.717) is 24.5 Å². The molecule has 0 radical (unpaired) electrons. The predicted molar refractivity (Wildman–Crippen MR) is 142 cm³/mol. The molecule has 0 saturated carbocycles. The van der Waals surface area contributed by atoms with Crippen LogP contribution >= 0.6 is 12.2 Å². The normalized spacial score (nSPS) is 10.4. The van der Waals surface area contributed by atoms with E-state index in [9.17, 15) is 4.79 Å². The number of para-hydroxylation sites is 1. The summed E-state index contributed by atoms with van der Waals surface area (Å²) >= 11 is 5.33. The molecule has 1 amide bonds. The first-order valence-corrected chi connectivity index (χ1v) is 12.2. The topological polar surface area (TPSA) is 59.6 Å². The first-order chi connectivity index (χ1) is 16.7. The fourth-order valence-corrected chi connectivity index (χ4v) is 3.60. The van der Waals surface area contributed by atoms with Crippen LogP contribution in [0.1, 0.15) is 48.5 Å². The summed E-state index contributed by atoms with van der Waals surface area (Å²) < 4.78 is 11.6. The van der Waals surface area contributed by atoms with Crippen molar-refractivity contribution < 1.29 is 14.3 Å². The molecule has 3 rings (SSSR count). The molecule has 0 aliphatic carbocycles. The van der Waals surface area contributed by atoms with E-state index >= 15 is 0 Å². The second-order valence-electron chi connectivity index (χ2n) is 7.92. The Morgan fingerprint density at radius 2 is 1.53 bits per heavy atom. The molecule has 178 valence electrons. The van der Waals surface area contributed by atoms with Crippen LogP contribution in [0.5, 0.6) is 11.5 Å². The fraction of sp³-hybridized carbons (Fsp3) is 0.286. The molecular weight excluding hydrogens is 444 g/mol. The number of unbranched alkanes of at least 4 members (excludes halogenated alkanes) is 2. The number of hydrogen-bond donors (Lipinski definition) is 2. The number of rotatable bonds is 12. The lowest BCUT2D eigenvalue weighted by Gasteiger charge is -2.13. The Bertz CT molecular complexity index is 1040. The van der Waals surface area contributed by atoms with E-state index in [0.717, 1.165) is 43.5 Å². The van der Waals surface area contributed by atoms with Crippen LogP contribution in [0.15, 0.2) is 78.9 Å². The van der Waals surface area contributed by atoms with Crippen molar-refractivity contribution in [2.75, 3.05) is 18.5 Å². The summed E-state index contributed by atoms with van der Waals surface area (Å²) in [4.78, 5) is 12.7. The highest BCUT2D eigenvalue weighted by molar-refractivity contribution is 7.80. The van der Waals surface area contributed by atoms with Gasteiger partial charge in [0.05, 0.1) is 18.8 Å². The third-order valence-corrected chi connectivity index (χ3v) is 5.40. The molecule has 0 aliphatic heterocycles. The smallest absolute Gasteiger partial charge is 0.261 e. The lowest BCUT2D eigenvalue weighted by molar-refractivity contribution is 0.0973. The summed E-state index contributed by atoms with van der Waals surface area (Å²) in [6, 6.07) is 25.1. The van der Waals surface area contributed by atoms with Gasteiger partial charge in [-0.25, -0.2) is 0 Å². The monoisotopic (exact) mass is 476 g/mol. The Hall–Kier alpha value is -3.38. The molecule has 0 saturated heterocycles. The number of carbonyl (C=O) groups excluding carboxylic acids is 1. The number of thiocarbonyl (C=S) groups is 1. The zero-order valence-electron chi connectivity index (χ0n) is 19.6. The number of aryl methyl sites for hydroxylation is 1. The zero-order valence-corrected chi connectivity index (χ0v) is 20.4. The van der Waals surface area contributed by atoms with Gasteiger partial charge < -0.3 is 14.8 Å². The Balaban J connectivity index is 1.43. The van der Waals surface area contributed by atoms with Gasteiger partial charge in [-0.2, -0.15) is 0 Å². The minimum atomic E-state index is -0.304. The van der Waals surface area contributed by atoms with E-state index in [4.69, 9.17) is 21.7 Å². The van der Waals surface area contributed by atoms with Gasteiger partial charge in [0.2, 0.25) is 0 Å². The highest BCUT2D eigenvalue weighted by Gasteiger charge is 2.13. The third kappa shape index (κ3) is 8.52.